The van der Waals surface area contributed by atoms with Gasteiger partial charge in [0.15, 0.2) is 0 Å². The fourth-order valence-electron chi connectivity index (χ4n) is 1.57. The molecule has 0 fully saturated rings. The van der Waals surface area contributed by atoms with E-state index in [1.165, 1.54) is 5.56 Å². The summed E-state index contributed by atoms with van der Waals surface area (Å²) in [6.07, 6.45) is 2.14. The standard InChI is InChI=1S/C13H18N2/c1-10(3-4-11(2)15)13-7-5-12(9-14)6-8-13/h5-8,10-11H,3-4,15H2,1-2H3. The molecule has 0 saturated heterocycles. The van der Waals surface area contributed by atoms with Gasteiger partial charge in [-0.15, -0.1) is 0 Å². The molecule has 0 aliphatic carbocycles. The average Bonchev–Trinajstić information content (AvgIpc) is 2.26. The molecule has 0 heterocycles. The molecule has 0 aliphatic heterocycles. The van der Waals surface area contributed by atoms with Crippen molar-refractivity contribution in [1.82, 2.24) is 0 Å². The minimum atomic E-state index is 0.269. The summed E-state index contributed by atoms with van der Waals surface area (Å²) in [6.45, 7) is 4.23. The summed E-state index contributed by atoms with van der Waals surface area (Å²) in [5, 5.41) is 8.68. The van der Waals surface area contributed by atoms with E-state index in [0.717, 1.165) is 18.4 Å². The van der Waals surface area contributed by atoms with Gasteiger partial charge in [0.25, 0.3) is 0 Å². The SMILES string of the molecule is CC(N)CCC(C)c1ccc(C#N)cc1. The Morgan fingerprint density at radius 1 is 1.20 bits per heavy atom. The van der Waals surface area contributed by atoms with Crippen LogP contribution in [0.2, 0.25) is 0 Å². The van der Waals surface area contributed by atoms with Crippen molar-refractivity contribution >= 4 is 0 Å². The van der Waals surface area contributed by atoms with E-state index in [0.29, 0.717) is 5.92 Å². The number of nitrogens with zero attached hydrogens (tertiary/aromatic N) is 1. The summed E-state index contributed by atoms with van der Waals surface area (Å²) in [7, 11) is 0. The van der Waals surface area contributed by atoms with E-state index < -0.39 is 0 Å². The summed E-state index contributed by atoms with van der Waals surface area (Å²) in [5.74, 6) is 0.517. The predicted octanol–water partition coefficient (Wildman–Crippen LogP) is 2.79. The average molecular weight is 202 g/mol. The van der Waals surface area contributed by atoms with Crippen LogP contribution in [0.1, 0.15) is 43.7 Å². The van der Waals surface area contributed by atoms with E-state index >= 15 is 0 Å². The Morgan fingerprint density at radius 3 is 2.27 bits per heavy atom. The highest BCUT2D eigenvalue weighted by atomic mass is 14.6. The Labute approximate surface area is 91.7 Å². The molecule has 0 bridgehead atoms. The summed E-state index contributed by atoms with van der Waals surface area (Å²) >= 11 is 0. The second kappa shape index (κ2) is 5.53. The molecule has 1 aromatic rings. The molecular weight excluding hydrogens is 184 g/mol. The van der Waals surface area contributed by atoms with Gasteiger partial charge in [0.2, 0.25) is 0 Å². The quantitative estimate of drug-likeness (QED) is 0.816. The van der Waals surface area contributed by atoms with Gasteiger partial charge in [0, 0.05) is 6.04 Å². The van der Waals surface area contributed by atoms with Gasteiger partial charge in [-0.05, 0) is 43.4 Å². The first kappa shape index (κ1) is 11.7. The highest BCUT2D eigenvalue weighted by Gasteiger charge is 2.06. The van der Waals surface area contributed by atoms with Crippen molar-refractivity contribution in [2.45, 2.75) is 38.6 Å². The zero-order valence-corrected chi connectivity index (χ0v) is 9.40. The maximum Gasteiger partial charge on any atom is 0.0991 e. The highest BCUT2D eigenvalue weighted by molar-refractivity contribution is 5.32. The number of rotatable bonds is 4. The maximum atomic E-state index is 8.68. The lowest BCUT2D eigenvalue weighted by molar-refractivity contribution is 0.569. The lowest BCUT2D eigenvalue weighted by atomic mass is 9.94. The van der Waals surface area contributed by atoms with Crippen LogP contribution < -0.4 is 5.73 Å². The van der Waals surface area contributed by atoms with Gasteiger partial charge in [0.1, 0.15) is 0 Å². The van der Waals surface area contributed by atoms with Gasteiger partial charge in [-0.3, -0.25) is 0 Å². The van der Waals surface area contributed by atoms with Crippen LogP contribution in [0.3, 0.4) is 0 Å². The molecule has 0 aromatic heterocycles. The first-order chi connectivity index (χ1) is 7.13. The Morgan fingerprint density at radius 2 is 1.80 bits per heavy atom. The summed E-state index contributed by atoms with van der Waals surface area (Å²) in [4.78, 5) is 0. The molecule has 2 heteroatoms. The number of nitrogens with two attached hydrogens (primary N) is 1. The van der Waals surface area contributed by atoms with Crippen LogP contribution >= 0.6 is 0 Å². The molecule has 1 rings (SSSR count). The minimum Gasteiger partial charge on any atom is -0.328 e. The van der Waals surface area contributed by atoms with Crippen molar-refractivity contribution in [2.24, 2.45) is 5.73 Å². The Balaban J connectivity index is 2.58. The number of nitriles is 1. The topological polar surface area (TPSA) is 49.8 Å². The lowest BCUT2D eigenvalue weighted by Gasteiger charge is -2.13. The molecule has 0 saturated carbocycles. The second-order valence-electron chi connectivity index (χ2n) is 4.19. The Kier molecular flexibility index (Phi) is 4.33. The van der Waals surface area contributed by atoms with Crippen molar-refractivity contribution in [3.05, 3.63) is 35.4 Å². The molecule has 1 aromatic carbocycles. The first-order valence-corrected chi connectivity index (χ1v) is 5.39. The zero-order valence-electron chi connectivity index (χ0n) is 9.40. The minimum absolute atomic E-state index is 0.269. The fourth-order valence-corrected chi connectivity index (χ4v) is 1.57. The molecule has 0 radical (unpaired) electrons. The smallest absolute Gasteiger partial charge is 0.0991 e. The van der Waals surface area contributed by atoms with E-state index in [4.69, 9.17) is 11.0 Å². The van der Waals surface area contributed by atoms with E-state index in [1.54, 1.807) is 0 Å². The van der Waals surface area contributed by atoms with Crippen molar-refractivity contribution in [3.8, 4) is 6.07 Å². The number of benzene rings is 1. The molecular formula is C13H18N2. The summed E-state index contributed by atoms with van der Waals surface area (Å²) < 4.78 is 0. The van der Waals surface area contributed by atoms with Crippen LogP contribution in [-0.4, -0.2) is 6.04 Å². The van der Waals surface area contributed by atoms with Crippen LogP contribution in [-0.2, 0) is 0 Å². The van der Waals surface area contributed by atoms with Gasteiger partial charge < -0.3 is 5.73 Å². The van der Waals surface area contributed by atoms with Gasteiger partial charge >= 0.3 is 0 Å². The van der Waals surface area contributed by atoms with E-state index in [-0.39, 0.29) is 6.04 Å². The maximum absolute atomic E-state index is 8.68. The normalized spacial score (nSPS) is 14.3. The first-order valence-electron chi connectivity index (χ1n) is 5.39. The van der Waals surface area contributed by atoms with Crippen LogP contribution in [0, 0.1) is 11.3 Å². The Hall–Kier alpha value is -1.33. The Bertz CT molecular complexity index is 333. The fraction of sp³-hybridized carbons (Fsp3) is 0.462. The van der Waals surface area contributed by atoms with Crippen molar-refractivity contribution < 1.29 is 0 Å². The summed E-state index contributed by atoms with van der Waals surface area (Å²) in [5.41, 5.74) is 7.73. The third kappa shape index (κ3) is 3.73. The molecule has 2 atom stereocenters. The van der Waals surface area contributed by atoms with Crippen LogP contribution in [0.25, 0.3) is 0 Å². The van der Waals surface area contributed by atoms with Crippen LogP contribution in [0.15, 0.2) is 24.3 Å². The van der Waals surface area contributed by atoms with E-state index in [1.807, 2.05) is 31.2 Å². The van der Waals surface area contributed by atoms with Crippen molar-refractivity contribution in [2.75, 3.05) is 0 Å². The highest BCUT2D eigenvalue weighted by Crippen LogP contribution is 2.21. The number of hydrogen-bond donors (Lipinski definition) is 1. The number of hydrogen-bond acceptors (Lipinski definition) is 2. The van der Waals surface area contributed by atoms with E-state index in [2.05, 4.69) is 13.0 Å². The van der Waals surface area contributed by atoms with Gasteiger partial charge in [-0.1, -0.05) is 19.1 Å². The summed E-state index contributed by atoms with van der Waals surface area (Å²) in [6, 6.07) is 10.2. The van der Waals surface area contributed by atoms with Gasteiger partial charge in [-0.25, -0.2) is 0 Å². The van der Waals surface area contributed by atoms with Crippen molar-refractivity contribution in [3.63, 3.8) is 0 Å². The molecule has 15 heavy (non-hydrogen) atoms. The zero-order chi connectivity index (χ0) is 11.3. The van der Waals surface area contributed by atoms with Gasteiger partial charge in [0.05, 0.1) is 11.6 Å². The van der Waals surface area contributed by atoms with Gasteiger partial charge in [-0.2, -0.15) is 5.26 Å². The molecule has 0 aliphatic rings. The van der Waals surface area contributed by atoms with E-state index in [9.17, 15) is 0 Å². The third-order valence-electron chi connectivity index (χ3n) is 2.66. The largest absolute Gasteiger partial charge is 0.328 e. The third-order valence-corrected chi connectivity index (χ3v) is 2.66. The molecule has 2 N–H and O–H groups in total. The molecule has 2 nitrogen and oxygen atoms in total. The lowest BCUT2D eigenvalue weighted by Crippen LogP contribution is -2.15. The van der Waals surface area contributed by atoms with Crippen LogP contribution in [0.4, 0.5) is 0 Å². The molecule has 0 spiro atoms. The molecule has 2 unspecified atom stereocenters. The second-order valence-corrected chi connectivity index (χ2v) is 4.19. The monoisotopic (exact) mass is 202 g/mol. The van der Waals surface area contributed by atoms with Crippen LogP contribution in [0.5, 0.6) is 0 Å². The van der Waals surface area contributed by atoms with Crippen molar-refractivity contribution in [1.29, 1.82) is 5.26 Å². The molecule has 80 valence electrons. The predicted molar refractivity (Wildman–Crippen MR) is 62.5 cm³/mol. The molecule has 0 amide bonds.